The molecule has 0 aromatic carbocycles. The first-order valence-electron chi connectivity index (χ1n) is 5.01. The van der Waals surface area contributed by atoms with Gasteiger partial charge >= 0.3 is 0 Å². The maximum Gasteiger partial charge on any atom is 0.0924 e. The molecule has 80 valence electrons. The van der Waals surface area contributed by atoms with E-state index < -0.39 is 0 Å². The van der Waals surface area contributed by atoms with Crippen LogP contribution in [0.3, 0.4) is 0 Å². The van der Waals surface area contributed by atoms with Gasteiger partial charge in [-0.2, -0.15) is 5.10 Å². The Morgan fingerprint density at radius 3 is 2.60 bits per heavy atom. The van der Waals surface area contributed by atoms with E-state index in [1.165, 1.54) is 0 Å². The van der Waals surface area contributed by atoms with Crippen molar-refractivity contribution >= 4 is 0 Å². The Balaban J connectivity index is 2.57. The van der Waals surface area contributed by atoms with Crippen LogP contribution in [0.25, 0.3) is 11.3 Å². The minimum atomic E-state index is 0.0434. The zero-order valence-electron chi connectivity index (χ0n) is 9.57. The number of imidazole rings is 1. The van der Waals surface area contributed by atoms with Crippen molar-refractivity contribution in [3.63, 3.8) is 0 Å². The van der Waals surface area contributed by atoms with Crippen LogP contribution in [0.1, 0.15) is 26.5 Å². The van der Waals surface area contributed by atoms with E-state index in [-0.39, 0.29) is 5.41 Å². The lowest BCUT2D eigenvalue weighted by Gasteiger charge is -2.16. The second-order valence-corrected chi connectivity index (χ2v) is 4.78. The minimum absolute atomic E-state index is 0.0434. The third-order valence-corrected chi connectivity index (χ3v) is 2.33. The molecule has 0 amide bonds. The van der Waals surface area contributed by atoms with Gasteiger partial charge < -0.3 is 4.98 Å². The van der Waals surface area contributed by atoms with Gasteiger partial charge in [0.1, 0.15) is 0 Å². The van der Waals surface area contributed by atoms with E-state index in [1.807, 2.05) is 24.1 Å². The molecule has 2 rings (SSSR count). The smallest absolute Gasteiger partial charge is 0.0924 e. The average Bonchev–Trinajstić information content (AvgIpc) is 2.68. The minimum Gasteiger partial charge on any atom is -0.345 e. The third kappa shape index (κ3) is 1.79. The fraction of sp³-hybridized carbons (Fsp3) is 0.455. The number of nitrogens with one attached hydrogen (secondary N) is 1. The van der Waals surface area contributed by atoms with E-state index in [1.54, 1.807) is 6.33 Å². The largest absolute Gasteiger partial charge is 0.345 e. The number of H-pyrrole nitrogens is 1. The molecule has 2 heterocycles. The molecule has 1 N–H and O–H groups in total. The molecule has 2 aromatic heterocycles. The molecule has 0 spiro atoms. The van der Waals surface area contributed by atoms with Gasteiger partial charge in [-0.05, 0) is 0 Å². The Labute approximate surface area is 89.3 Å². The highest BCUT2D eigenvalue weighted by Crippen LogP contribution is 2.30. The van der Waals surface area contributed by atoms with Gasteiger partial charge in [-0.1, -0.05) is 20.8 Å². The average molecular weight is 204 g/mol. The van der Waals surface area contributed by atoms with Gasteiger partial charge in [0.15, 0.2) is 0 Å². The second kappa shape index (κ2) is 3.22. The Kier molecular flexibility index (Phi) is 2.14. The van der Waals surface area contributed by atoms with Crippen molar-refractivity contribution in [1.82, 2.24) is 19.7 Å². The predicted octanol–water partition coefficient (Wildman–Crippen LogP) is 2.11. The van der Waals surface area contributed by atoms with Crippen molar-refractivity contribution in [2.75, 3.05) is 0 Å². The molecule has 0 aliphatic rings. The van der Waals surface area contributed by atoms with Crippen LogP contribution in [0.2, 0.25) is 0 Å². The molecular weight excluding hydrogens is 188 g/mol. The molecule has 0 bridgehead atoms. The molecule has 0 aliphatic carbocycles. The molecule has 0 atom stereocenters. The molecule has 4 heteroatoms. The highest BCUT2D eigenvalue weighted by Gasteiger charge is 2.23. The van der Waals surface area contributed by atoms with Crippen LogP contribution in [0.5, 0.6) is 0 Å². The van der Waals surface area contributed by atoms with Crippen molar-refractivity contribution in [1.29, 1.82) is 0 Å². The number of hydrogen-bond donors (Lipinski definition) is 1. The molecule has 4 nitrogen and oxygen atoms in total. The summed E-state index contributed by atoms with van der Waals surface area (Å²) in [5.74, 6) is 0. The number of hydrogen-bond acceptors (Lipinski definition) is 2. The Morgan fingerprint density at radius 2 is 2.07 bits per heavy atom. The topological polar surface area (TPSA) is 46.5 Å². The predicted molar refractivity (Wildman–Crippen MR) is 59.5 cm³/mol. The first kappa shape index (κ1) is 9.96. The Morgan fingerprint density at radius 1 is 1.33 bits per heavy atom. The molecule has 0 radical (unpaired) electrons. The monoisotopic (exact) mass is 204 g/mol. The first-order valence-corrected chi connectivity index (χ1v) is 5.01. The van der Waals surface area contributed by atoms with Gasteiger partial charge in [-0.15, -0.1) is 0 Å². The van der Waals surface area contributed by atoms with Gasteiger partial charge in [-0.25, -0.2) is 4.98 Å². The maximum absolute atomic E-state index is 4.51. The summed E-state index contributed by atoms with van der Waals surface area (Å²) in [6.07, 6.45) is 5.54. The van der Waals surface area contributed by atoms with E-state index in [0.29, 0.717) is 0 Å². The van der Waals surface area contributed by atoms with Crippen molar-refractivity contribution < 1.29 is 0 Å². The van der Waals surface area contributed by atoms with Crippen molar-refractivity contribution in [2.45, 2.75) is 26.2 Å². The second-order valence-electron chi connectivity index (χ2n) is 4.78. The SMILES string of the molecule is Cn1cc(-c2cnc[nH]2)c(C(C)(C)C)n1. The van der Waals surface area contributed by atoms with Crippen LogP contribution in [-0.2, 0) is 12.5 Å². The van der Waals surface area contributed by atoms with Crippen molar-refractivity contribution in [3.8, 4) is 11.3 Å². The summed E-state index contributed by atoms with van der Waals surface area (Å²) in [6.45, 7) is 6.49. The van der Waals surface area contributed by atoms with Gasteiger partial charge in [-0.3, -0.25) is 4.68 Å². The zero-order chi connectivity index (χ0) is 11.1. The number of nitrogens with zero attached hydrogens (tertiary/aromatic N) is 3. The molecule has 0 aliphatic heterocycles. The summed E-state index contributed by atoms with van der Waals surface area (Å²) in [5.41, 5.74) is 3.28. The fourth-order valence-corrected chi connectivity index (χ4v) is 1.64. The Bertz CT molecular complexity index is 445. The van der Waals surface area contributed by atoms with E-state index in [9.17, 15) is 0 Å². The van der Waals surface area contributed by atoms with Crippen LogP contribution < -0.4 is 0 Å². The Hall–Kier alpha value is -1.58. The van der Waals surface area contributed by atoms with E-state index in [4.69, 9.17) is 0 Å². The third-order valence-electron chi connectivity index (χ3n) is 2.33. The van der Waals surface area contributed by atoms with E-state index in [0.717, 1.165) is 17.0 Å². The van der Waals surface area contributed by atoms with Crippen LogP contribution >= 0.6 is 0 Å². The molecule has 15 heavy (non-hydrogen) atoms. The van der Waals surface area contributed by atoms with E-state index in [2.05, 4.69) is 35.8 Å². The van der Waals surface area contributed by atoms with Crippen LogP contribution in [0.15, 0.2) is 18.7 Å². The lowest BCUT2D eigenvalue weighted by molar-refractivity contribution is 0.554. The summed E-state index contributed by atoms with van der Waals surface area (Å²) in [4.78, 5) is 7.15. The molecule has 0 saturated heterocycles. The molecule has 2 aromatic rings. The lowest BCUT2D eigenvalue weighted by Crippen LogP contribution is -2.13. The molecule has 0 fully saturated rings. The zero-order valence-corrected chi connectivity index (χ0v) is 9.57. The highest BCUT2D eigenvalue weighted by atomic mass is 15.3. The number of aryl methyl sites for hydroxylation is 1. The first-order chi connectivity index (χ1) is 6.98. The molecule has 0 unspecified atom stereocenters. The van der Waals surface area contributed by atoms with Crippen molar-refractivity contribution in [2.24, 2.45) is 7.05 Å². The molecular formula is C11H16N4. The number of aromatic nitrogens is 4. The van der Waals surface area contributed by atoms with Gasteiger partial charge in [0.05, 0.1) is 23.9 Å². The van der Waals surface area contributed by atoms with Crippen molar-refractivity contribution in [3.05, 3.63) is 24.4 Å². The van der Waals surface area contributed by atoms with Gasteiger partial charge in [0, 0.05) is 24.2 Å². The standard InChI is InChI=1S/C11H16N4/c1-11(2,3)10-8(6-15(4)14-10)9-5-12-7-13-9/h5-7H,1-4H3,(H,12,13). The quantitative estimate of drug-likeness (QED) is 0.773. The van der Waals surface area contributed by atoms with Crippen LogP contribution in [0, 0.1) is 0 Å². The maximum atomic E-state index is 4.51. The number of rotatable bonds is 1. The summed E-state index contributed by atoms with van der Waals surface area (Å²) in [6, 6.07) is 0. The van der Waals surface area contributed by atoms with E-state index >= 15 is 0 Å². The fourth-order valence-electron chi connectivity index (χ4n) is 1.64. The normalized spacial score (nSPS) is 12.0. The summed E-state index contributed by atoms with van der Waals surface area (Å²) >= 11 is 0. The highest BCUT2D eigenvalue weighted by molar-refractivity contribution is 5.61. The number of aromatic amines is 1. The lowest BCUT2D eigenvalue weighted by atomic mass is 9.89. The molecule has 0 saturated carbocycles. The summed E-state index contributed by atoms with van der Waals surface area (Å²) in [5, 5.41) is 4.51. The van der Waals surface area contributed by atoms with Crippen LogP contribution in [0.4, 0.5) is 0 Å². The van der Waals surface area contributed by atoms with Gasteiger partial charge in [0.2, 0.25) is 0 Å². The van der Waals surface area contributed by atoms with Gasteiger partial charge in [0.25, 0.3) is 0 Å². The van der Waals surface area contributed by atoms with Crippen LogP contribution in [-0.4, -0.2) is 19.7 Å². The summed E-state index contributed by atoms with van der Waals surface area (Å²) < 4.78 is 1.84. The summed E-state index contributed by atoms with van der Waals surface area (Å²) in [7, 11) is 1.94.